The largest absolute Gasteiger partial charge is 0.356 e. The summed E-state index contributed by atoms with van der Waals surface area (Å²) < 4.78 is 26.8. The van der Waals surface area contributed by atoms with Crippen LogP contribution in [0.2, 0.25) is 0 Å². The molecule has 1 fully saturated rings. The van der Waals surface area contributed by atoms with Crippen LogP contribution in [0.4, 0.5) is 5.69 Å². The second-order valence-electron chi connectivity index (χ2n) is 7.96. The second kappa shape index (κ2) is 12.2. The lowest BCUT2D eigenvalue weighted by Gasteiger charge is -2.32. The van der Waals surface area contributed by atoms with Gasteiger partial charge in [0, 0.05) is 38.3 Å². The minimum atomic E-state index is -3.57. The maximum absolute atomic E-state index is 12.7. The molecule has 31 heavy (non-hydrogen) atoms. The Bertz CT molecular complexity index is 840. The van der Waals surface area contributed by atoms with Gasteiger partial charge in [-0.1, -0.05) is 26.8 Å². The van der Waals surface area contributed by atoms with E-state index in [9.17, 15) is 18.0 Å². The molecule has 1 aromatic carbocycles. The number of rotatable bonds is 11. The van der Waals surface area contributed by atoms with Crippen LogP contribution in [0, 0.1) is 5.92 Å². The molecule has 0 saturated carbocycles. The number of amides is 2. The van der Waals surface area contributed by atoms with Crippen LogP contribution in [-0.2, 0) is 19.6 Å². The standard InChI is InChI=1S/C22H36N4O4S/c1-4-9-21(27)23-15-18-10-8-13-25(16-18)17-22(28)24-19-11-7-12-20(14-19)31(29,30)26(5-2)6-3/h7,11-12,14,18H,4-6,8-10,13,15-17H2,1-3H3,(H,23,27)(H,24,28). The highest BCUT2D eigenvalue weighted by Crippen LogP contribution is 2.20. The van der Waals surface area contributed by atoms with Gasteiger partial charge in [0.05, 0.1) is 11.4 Å². The van der Waals surface area contributed by atoms with Crippen LogP contribution >= 0.6 is 0 Å². The average molecular weight is 453 g/mol. The smallest absolute Gasteiger partial charge is 0.243 e. The molecule has 1 unspecified atom stereocenters. The van der Waals surface area contributed by atoms with Gasteiger partial charge in [-0.2, -0.15) is 4.31 Å². The summed E-state index contributed by atoms with van der Waals surface area (Å²) in [6.07, 6.45) is 3.40. The monoisotopic (exact) mass is 452 g/mol. The predicted molar refractivity (Wildman–Crippen MR) is 122 cm³/mol. The van der Waals surface area contributed by atoms with Crippen LogP contribution in [0.1, 0.15) is 46.5 Å². The van der Waals surface area contributed by atoms with E-state index in [4.69, 9.17) is 0 Å². The van der Waals surface area contributed by atoms with Crippen molar-refractivity contribution in [3.8, 4) is 0 Å². The summed E-state index contributed by atoms with van der Waals surface area (Å²) in [5.74, 6) is 0.245. The number of likely N-dealkylation sites (tertiary alicyclic amines) is 1. The summed E-state index contributed by atoms with van der Waals surface area (Å²) in [6.45, 7) is 8.85. The number of benzene rings is 1. The molecule has 0 radical (unpaired) electrons. The zero-order valence-corrected chi connectivity index (χ0v) is 19.7. The minimum Gasteiger partial charge on any atom is -0.356 e. The Balaban J connectivity index is 1.92. The van der Waals surface area contributed by atoms with Crippen molar-refractivity contribution in [3.63, 3.8) is 0 Å². The van der Waals surface area contributed by atoms with Crippen molar-refractivity contribution >= 4 is 27.5 Å². The Kier molecular flexibility index (Phi) is 9.93. The first-order chi connectivity index (χ1) is 14.8. The first-order valence-corrected chi connectivity index (χ1v) is 12.6. The summed E-state index contributed by atoms with van der Waals surface area (Å²) in [4.78, 5) is 26.5. The summed E-state index contributed by atoms with van der Waals surface area (Å²) >= 11 is 0. The average Bonchev–Trinajstić information content (AvgIpc) is 2.73. The zero-order valence-electron chi connectivity index (χ0n) is 18.9. The van der Waals surface area contributed by atoms with E-state index in [1.807, 2.05) is 6.92 Å². The Morgan fingerprint density at radius 2 is 1.90 bits per heavy atom. The number of anilines is 1. The van der Waals surface area contributed by atoms with Gasteiger partial charge >= 0.3 is 0 Å². The maximum Gasteiger partial charge on any atom is 0.243 e. The highest BCUT2D eigenvalue weighted by Gasteiger charge is 2.24. The van der Waals surface area contributed by atoms with Gasteiger partial charge in [-0.3, -0.25) is 14.5 Å². The van der Waals surface area contributed by atoms with Gasteiger partial charge in [0.15, 0.2) is 0 Å². The summed E-state index contributed by atoms with van der Waals surface area (Å²) in [6, 6.07) is 6.39. The SMILES string of the molecule is CCCC(=O)NCC1CCCN(CC(=O)Nc2cccc(S(=O)(=O)N(CC)CC)c2)C1. The molecule has 2 amide bonds. The number of carbonyl (C=O) groups is 2. The number of piperidine rings is 1. The molecule has 1 aromatic rings. The van der Waals surface area contributed by atoms with Crippen LogP contribution in [0.15, 0.2) is 29.2 Å². The van der Waals surface area contributed by atoms with Crippen LogP contribution in [0.5, 0.6) is 0 Å². The molecule has 1 heterocycles. The van der Waals surface area contributed by atoms with Crippen LogP contribution < -0.4 is 10.6 Å². The molecule has 9 heteroatoms. The third-order valence-corrected chi connectivity index (χ3v) is 7.54. The molecule has 0 spiro atoms. The lowest BCUT2D eigenvalue weighted by atomic mass is 9.98. The van der Waals surface area contributed by atoms with E-state index in [0.29, 0.717) is 37.7 Å². The number of nitrogens with zero attached hydrogens (tertiary/aromatic N) is 2. The summed E-state index contributed by atoms with van der Waals surface area (Å²) in [5.41, 5.74) is 0.471. The van der Waals surface area contributed by atoms with Crippen molar-refractivity contribution in [1.82, 2.24) is 14.5 Å². The number of hydrogen-bond donors (Lipinski definition) is 2. The quantitative estimate of drug-likeness (QED) is 0.537. The third-order valence-electron chi connectivity index (χ3n) is 5.50. The Hall–Kier alpha value is -1.97. The highest BCUT2D eigenvalue weighted by molar-refractivity contribution is 7.89. The molecule has 1 aliphatic rings. The highest BCUT2D eigenvalue weighted by atomic mass is 32.2. The van der Waals surface area contributed by atoms with Crippen molar-refractivity contribution in [3.05, 3.63) is 24.3 Å². The van der Waals surface area contributed by atoms with E-state index in [1.54, 1.807) is 32.0 Å². The third kappa shape index (κ3) is 7.59. The molecule has 0 bridgehead atoms. The number of carbonyl (C=O) groups excluding carboxylic acids is 2. The van der Waals surface area contributed by atoms with E-state index in [2.05, 4.69) is 15.5 Å². The van der Waals surface area contributed by atoms with Crippen molar-refractivity contribution in [2.75, 3.05) is 44.6 Å². The van der Waals surface area contributed by atoms with E-state index < -0.39 is 10.0 Å². The second-order valence-corrected chi connectivity index (χ2v) is 9.90. The summed E-state index contributed by atoms with van der Waals surface area (Å²) in [7, 11) is -3.57. The fraction of sp³-hybridized carbons (Fsp3) is 0.636. The maximum atomic E-state index is 12.7. The molecule has 1 atom stereocenters. The van der Waals surface area contributed by atoms with E-state index in [1.165, 1.54) is 10.4 Å². The fourth-order valence-corrected chi connectivity index (χ4v) is 5.39. The van der Waals surface area contributed by atoms with E-state index in [0.717, 1.165) is 32.4 Å². The van der Waals surface area contributed by atoms with Gasteiger partial charge in [0.25, 0.3) is 0 Å². The fourth-order valence-electron chi connectivity index (χ4n) is 3.89. The molecular formula is C22H36N4O4S. The number of hydrogen-bond acceptors (Lipinski definition) is 5. The first-order valence-electron chi connectivity index (χ1n) is 11.2. The van der Waals surface area contributed by atoms with Gasteiger partial charge < -0.3 is 10.6 Å². The molecule has 2 rings (SSSR count). The van der Waals surface area contributed by atoms with Crippen molar-refractivity contribution < 1.29 is 18.0 Å². The van der Waals surface area contributed by atoms with Crippen LogP contribution in [0.25, 0.3) is 0 Å². The van der Waals surface area contributed by atoms with Crippen LogP contribution in [0.3, 0.4) is 0 Å². The molecule has 0 aromatic heterocycles. The molecular weight excluding hydrogens is 416 g/mol. The van der Waals surface area contributed by atoms with Gasteiger partial charge in [-0.15, -0.1) is 0 Å². The van der Waals surface area contributed by atoms with Crippen molar-refractivity contribution in [1.29, 1.82) is 0 Å². The normalized spacial score (nSPS) is 17.5. The van der Waals surface area contributed by atoms with Crippen molar-refractivity contribution in [2.45, 2.75) is 51.3 Å². The number of sulfonamides is 1. The molecule has 174 valence electrons. The van der Waals surface area contributed by atoms with E-state index >= 15 is 0 Å². The molecule has 2 N–H and O–H groups in total. The lowest BCUT2D eigenvalue weighted by molar-refractivity contribution is -0.121. The van der Waals surface area contributed by atoms with Gasteiger partial charge in [-0.25, -0.2) is 8.42 Å². The first kappa shape index (κ1) is 25.3. The van der Waals surface area contributed by atoms with E-state index in [-0.39, 0.29) is 23.3 Å². The minimum absolute atomic E-state index is 0.0805. The molecule has 1 saturated heterocycles. The Morgan fingerprint density at radius 1 is 1.16 bits per heavy atom. The van der Waals surface area contributed by atoms with Gasteiger partial charge in [0.2, 0.25) is 21.8 Å². The zero-order chi connectivity index (χ0) is 22.9. The molecule has 1 aliphatic heterocycles. The van der Waals surface area contributed by atoms with Crippen molar-refractivity contribution in [2.24, 2.45) is 5.92 Å². The Labute approximate surface area is 186 Å². The topological polar surface area (TPSA) is 98.8 Å². The number of nitrogens with one attached hydrogen (secondary N) is 2. The van der Waals surface area contributed by atoms with Gasteiger partial charge in [-0.05, 0) is 49.9 Å². The van der Waals surface area contributed by atoms with Gasteiger partial charge in [0.1, 0.15) is 0 Å². The van der Waals surface area contributed by atoms with Crippen LogP contribution in [-0.4, -0.2) is 68.7 Å². The Morgan fingerprint density at radius 3 is 2.58 bits per heavy atom. The summed E-state index contributed by atoms with van der Waals surface area (Å²) in [5, 5.41) is 5.80. The molecule has 0 aliphatic carbocycles. The molecule has 8 nitrogen and oxygen atoms in total. The lowest BCUT2D eigenvalue weighted by Crippen LogP contribution is -2.43. The predicted octanol–water partition coefficient (Wildman–Crippen LogP) is 2.28.